The first-order chi connectivity index (χ1) is 4.67. The number of ether oxygens (including phenoxy) is 1. The van der Waals surface area contributed by atoms with E-state index in [-0.39, 0.29) is 0 Å². The summed E-state index contributed by atoms with van der Waals surface area (Å²) in [6.45, 7) is 2.61. The molecule has 0 heterocycles. The first-order valence-electron chi connectivity index (χ1n) is 2.65. The molecule has 0 aliphatic carbocycles. The smallest absolute Gasteiger partial charge is 0.450 e. The van der Waals surface area contributed by atoms with E-state index in [9.17, 15) is 4.79 Å². The standard InChI is InChI=1S/C5H7Cl3O3/c1-4(6,7)5(2,8)11-3(9)10/h1-2H3,(H,9,10). The number of rotatable bonds is 2. The highest BCUT2D eigenvalue weighted by Crippen LogP contribution is 2.39. The van der Waals surface area contributed by atoms with Gasteiger partial charge in [0.1, 0.15) is 0 Å². The van der Waals surface area contributed by atoms with Gasteiger partial charge >= 0.3 is 6.16 Å². The minimum absolute atomic E-state index is 1.27. The van der Waals surface area contributed by atoms with E-state index >= 15 is 0 Å². The molecule has 0 aromatic rings. The third-order valence-electron chi connectivity index (χ3n) is 1.06. The van der Waals surface area contributed by atoms with Crippen molar-refractivity contribution < 1.29 is 14.6 Å². The number of hydrogen-bond donors (Lipinski definition) is 1. The van der Waals surface area contributed by atoms with Gasteiger partial charge in [0, 0.05) is 0 Å². The molecule has 0 radical (unpaired) electrons. The van der Waals surface area contributed by atoms with E-state index < -0.39 is 15.5 Å². The number of alkyl halides is 3. The summed E-state index contributed by atoms with van der Waals surface area (Å²) in [6.07, 6.45) is -1.52. The molecule has 11 heavy (non-hydrogen) atoms. The topological polar surface area (TPSA) is 46.5 Å². The third-order valence-corrected chi connectivity index (χ3v) is 2.43. The molecule has 0 aromatic carbocycles. The van der Waals surface area contributed by atoms with Crippen molar-refractivity contribution in [2.45, 2.75) is 23.2 Å². The summed E-state index contributed by atoms with van der Waals surface area (Å²) in [7, 11) is 0. The highest BCUT2D eigenvalue weighted by atomic mass is 35.5. The maximum absolute atomic E-state index is 10.0. The average Bonchev–Trinajstić information content (AvgIpc) is 1.56. The Bertz CT molecular complexity index is 161. The Hall–Kier alpha value is 0.140. The number of hydrogen-bond acceptors (Lipinski definition) is 2. The monoisotopic (exact) mass is 220 g/mol. The molecular weight excluding hydrogens is 214 g/mol. The molecule has 1 unspecified atom stereocenters. The second kappa shape index (κ2) is 3.25. The molecule has 1 atom stereocenters. The molecule has 0 saturated heterocycles. The van der Waals surface area contributed by atoms with E-state index in [4.69, 9.17) is 39.9 Å². The van der Waals surface area contributed by atoms with Gasteiger partial charge in [-0.2, -0.15) is 0 Å². The first-order valence-corrected chi connectivity index (χ1v) is 3.79. The molecule has 0 spiro atoms. The molecule has 0 rings (SSSR count). The molecule has 0 aliphatic rings. The van der Waals surface area contributed by atoms with Crippen LogP contribution in [0.3, 0.4) is 0 Å². The Morgan fingerprint density at radius 1 is 1.36 bits per heavy atom. The van der Waals surface area contributed by atoms with Gasteiger partial charge in [-0.3, -0.25) is 0 Å². The average molecular weight is 221 g/mol. The molecule has 0 fully saturated rings. The van der Waals surface area contributed by atoms with Gasteiger partial charge in [0.2, 0.25) is 5.06 Å². The van der Waals surface area contributed by atoms with Crippen LogP contribution in [0.4, 0.5) is 4.79 Å². The molecule has 0 aromatic heterocycles. The van der Waals surface area contributed by atoms with Crippen LogP contribution in [-0.4, -0.2) is 20.7 Å². The fourth-order valence-corrected chi connectivity index (χ4v) is 0.397. The maximum atomic E-state index is 10.0. The highest BCUT2D eigenvalue weighted by molar-refractivity contribution is 6.52. The lowest BCUT2D eigenvalue weighted by molar-refractivity contribution is 0.0334. The third kappa shape index (κ3) is 3.36. The van der Waals surface area contributed by atoms with Crippen molar-refractivity contribution in [1.82, 2.24) is 0 Å². The van der Waals surface area contributed by atoms with Crippen LogP contribution < -0.4 is 0 Å². The van der Waals surface area contributed by atoms with Crippen LogP contribution >= 0.6 is 34.8 Å². The largest absolute Gasteiger partial charge is 0.507 e. The fraction of sp³-hybridized carbons (Fsp3) is 0.800. The van der Waals surface area contributed by atoms with Crippen molar-refractivity contribution in [2.24, 2.45) is 0 Å². The van der Waals surface area contributed by atoms with Crippen LogP contribution in [0.25, 0.3) is 0 Å². The fourth-order valence-electron chi connectivity index (χ4n) is 0.254. The second-order valence-corrected chi connectivity index (χ2v) is 4.60. The van der Waals surface area contributed by atoms with Crippen LogP contribution in [0.5, 0.6) is 0 Å². The Labute approximate surface area is 79.2 Å². The van der Waals surface area contributed by atoms with Gasteiger partial charge in [0.25, 0.3) is 0 Å². The lowest BCUT2D eigenvalue weighted by atomic mass is 10.3. The van der Waals surface area contributed by atoms with Crippen LogP contribution in [0.15, 0.2) is 0 Å². The molecule has 3 nitrogen and oxygen atoms in total. The molecule has 6 heteroatoms. The zero-order chi connectivity index (χ0) is 9.28. The van der Waals surface area contributed by atoms with E-state index in [1.54, 1.807) is 0 Å². The molecule has 0 saturated carbocycles. The van der Waals surface area contributed by atoms with Gasteiger partial charge in [-0.05, 0) is 13.8 Å². The first kappa shape index (κ1) is 11.1. The van der Waals surface area contributed by atoms with Crippen LogP contribution in [0.1, 0.15) is 13.8 Å². The molecule has 1 N–H and O–H groups in total. The second-order valence-electron chi connectivity index (χ2n) is 2.17. The Morgan fingerprint density at radius 2 is 1.73 bits per heavy atom. The molecule has 0 amide bonds. The minimum Gasteiger partial charge on any atom is -0.450 e. The summed E-state index contributed by atoms with van der Waals surface area (Å²) in [5.41, 5.74) is 0. The molecule has 0 aliphatic heterocycles. The van der Waals surface area contributed by atoms with Crippen molar-refractivity contribution >= 4 is 41.0 Å². The molecule has 66 valence electrons. The summed E-state index contributed by atoms with van der Waals surface area (Å²) >= 11 is 16.6. The number of carbonyl (C=O) groups is 1. The van der Waals surface area contributed by atoms with E-state index in [0.29, 0.717) is 0 Å². The Balaban J connectivity index is 4.34. The maximum Gasteiger partial charge on any atom is 0.507 e. The summed E-state index contributed by atoms with van der Waals surface area (Å²) < 4.78 is 2.75. The van der Waals surface area contributed by atoms with Gasteiger partial charge < -0.3 is 9.84 Å². The van der Waals surface area contributed by atoms with Gasteiger partial charge in [0.05, 0.1) is 0 Å². The molecule has 0 bridgehead atoms. The summed E-state index contributed by atoms with van der Waals surface area (Å²) in [5.74, 6) is 0. The van der Waals surface area contributed by atoms with E-state index in [1.165, 1.54) is 13.8 Å². The quantitative estimate of drug-likeness (QED) is 0.576. The van der Waals surface area contributed by atoms with Gasteiger partial charge in [0.15, 0.2) is 4.33 Å². The minimum atomic E-state index is -1.64. The normalized spacial score (nSPS) is 17.2. The van der Waals surface area contributed by atoms with Crippen molar-refractivity contribution in [1.29, 1.82) is 0 Å². The lowest BCUT2D eigenvalue weighted by Crippen LogP contribution is -2.40. The van der Waals surface area contributed by atoms with Gasteiger partial charge in [-0.25, -0.2) is 4.79 Å². The lowest BCUT2D eigenvalue weighted by Gasteiger charge is -2.29. The van der Waals surface area contributed by atoms with Crippen molar-refractivity contribution in [3.05, 3.63) is 0 Å². The van der Waals surface area contributed by atoms with E-state index in [1.807, 2.05) is 0 Å². The zero-order valence-electron chi connectivity index (χ0n) is 5.90. The Kier molecular flexibility index (Phi) is 3.29. The Morgan fingerprint density at radius 3 is 1.82 bits per heavy atom. The van der Waals surface area contributed by atoms with Crippen LogP contribution in [0, 0.1) is 0 Å². The van der Waals surface area contributed by atoms with Crippen LogP contribution in [0.2, 0.25) is 0 Å². The number of halogens is 3. The predicted octanol–water partition coefficient (Wildman–Crippen LogP) is 2.83. The summed E-state index contributed by atoms with van der Waals surface area (Å²) in [4.78, 5) is 10.0. The van der Waals surface area contributed by atoms with Crippen LogP contribution in [-0.2, 0) is 4.74 Å². The molecular formula is C5H7Cl3O3. The van der Waals surface area contributed by atoms with Crippen molar-refractivity contribution in [2.75, 3.05) is 0 Å². The van der Waals surface area contributed by atoms with E-state index in [0.717, 1.165) is 0 Å². The van der Waals surface area contributed by atoms with E-state index in [2.05, 4.69) is 4.74 Å². The predicted molar refractivity (Wildman–Crippen MR) is 43.5 cm³/mol. The highest BCUT2D eigenvalue weighted by Gasteiger charge is 2.44. The summed E-state index contributed by atoms with van der Waals surface area (Å²) in [6, 6.07) is 0. The van der Waals surface area contributed by atoms with Crippen molar-refractivity contribution in [3.8, 4) is 0 Å². The summed E-state index contributed by atoms with van der Waals surface area (Å²) in [5, 5.41) is 6.55. The van der Waals surface area contributed by atoms with Crippen molar-refractivity contribution in [3.63, 3.8) is 0 Å². The SMILES string of the molecule is CC(Cl)(Cl)C(C)(Cl)OC(=O)O. The number of carboxylic acid groups (broad SMARTS) is 1. The van der Waals surface area contributed by atoms with Gasteiger partial charge in [-0.1, -0.05) is 34.8 Å². The zero-order valence-corrected chi connectivity index (χ0v) is 8.17. The van der Waals surface area contributed by atoms with Gasteiger partial charge in [-0.15, -0.1) is 0 Å².